The van der Waals surface area contributed by atoms with Crippen LogP contribution in [0.15, 0.2) is 109 Å². The van der Waals surface area contributed by atoms with Crippen molar-refractivity contribution in [2.24, 2.45) is 0 Å². The fraction of sp³-hybridized carbons (Fsp3) is 0.162. The molecule has 0 fully saturated rings. The SMILES string of the molecule is C[C@H](NC(=O)OCc1nc2cccnc2n1Cc1ccc(F)cc1)c1ccc(F)cc1.OCc1nc2cccnc2n1Cc1ccc(F)cc1. The maximum Gasteiger partial charge on any atom is 0.408 e. The number of pyridine rings is 2. The van der Waals surface area contributed by atoms with Gasteiger partial charge in [-0.15, -0.1) is 0 Å². The second kappa shape index (κ2) is 15.4. The van der Waals surface area contributed by atoms with Crippen molar-refractivity contribution in [3.05, 3.63) is 155 Å². The lowest BCUT2D eigenvalue weighted by molar-refractivity contribution is 0.132. The number of imidazole rings is 2. The topological polar surface area (TPSA) is 120 Å². The fourth-order valence-electron chi connectivity index (χ4n) is 5.30. The molecule has 0 aliphatic rings. The average molecular weight is 680 g/mol. The summed E-state index contributed by atoms with van der Waals surface area (Å²) in [7, 11) is 0. The van der Waals surface area contributed by atoms with E-state index in [-0.39, 0.29) is 36.7 Å². The standard InChI is InChI=1S/C23H20F2N4O2.C14H12FN3O/c1-15(17-6-10-19(25)11-7-17)27-23(30)31-14-21-28-20-3-2-12-26-22(20)29(21)13-16-4-8-18(24)9-5-16;15-11-5-3-10(4-6-11)8-18-13(9-19)17-12-2-1-7-16-14(12)18/h2-12,15H,13-14H2,1H3,(H,27,30);1-7,19H,8-9H2/t15-;/m0./s1. The predicted molar refractivity (Wildman–Crippen MR) is 180 cm³/mol. The summed E-state index contributed by atoms with van der Waals surface area (Å²) in [5, 5.41) is 12.1. The van der Waals surface area contributed by atoms with Gasteiger partial charge in [-0.2, -0.15) is 0 Å². The van der Waals surface area contributed by atoms with Crippen LogP contribution in [0.1, 0.15) is 41.3 Å². The summed E-state index contributed by atoms with van der Waals surface area (Å²) in [5.74, 6) is 0.153. The third kappa shape index (κ3) is 8.13. The van der Waals surface area contributed by atoms with E-state index >= 15 is 0 Å². The molecule has 2 N–H and O–H groups in total. The number of alkyl carbamates (subject to hydrolysis) is 1. The van der Waals surface area contributed by atoms with Crippen LogP contribution in [0.25, 0.3) is 22.3 Å². The normalized spacial score (nSPS) is 11.6. The van der Waals surface area contributed by atoms with E-state index in [0.717, 1.165) is 27.9 Å². The minimum absolute atomic E-state index is 0.0699. The lowest BCUT2D eigenvalue weighted by Crippen LogP contribution is -2.27. The molecule has 7 rings (SSSR count). The first kappa shape index (κ1) is 33.8. The van der Waals surface area contributed by atoms with Gasteiger partial charge in [-0.1, -0.05) is 36.4 Å². The summed E-state index contributed by atoms with van der Waals surface area (Å²) in [5.41, 5.74) is 5.33. The van der Waals surface area contributed by atoms with E-state index < -0.39 is 6.09 Å². The molecule has 254 valence electrons. The number of aliphatic hydroxyl groups excluding tert-OH is 1. The lowest BCUT2D eigenvalue weighted by atomic mass is 10.1. The second-order valence-electron chi connectivity index (χ2n) is 11.3. The van der Waals surface area contributed by atoms with Gasteiger partial charge < -0.3 is 24.3 Å². The maximum atomic E-state index is 13.2. The van der Waals surface area contributed by atoms with Crippen molar-refractivity contribution in [3.63, 3.8) is 0 Å². The molecule has 0 aliphatic heterocycles. The van der Waals surface area contributed by atoms with Crippen LogP contribution in [0.5, 0.6) is 0 Å². The van der Waals surface area contributed by atoms with Gasteiger partial charge in [0.1, 0.15) is 46.7 Å². The van der Waals surface area contributed by atoms with Crippen LogP contribution in [0.2, 0.25) is 0 Å². The number of carbonyl (C=O) groups is 1. The van der Waals surface area contributed by atoms with Crippen molar-refractivity contribution in [1.82, 2.24) is 34.4 Å². The average Bonchev–Trinajstić information content (AvgIpc) is 3.67. The number of amides is 1. The number of hydrogen-bond acceptors (Lipinski definition) is 7. The zero-order chi connectivity index (χ0) is 35.0. The molecule has 0 spiro atoms. The molecule has 7 aromatic rings. The van der Waals surface area contributed by atoms with Crippen molar-refractivity contribution >= 4 is 28.4 Å². The van der Waals surface area contributed by atoms with Crippen LogP contribution < -0.4 is 5.32 Å². The highest BCUT2D eigenvalue weighted by Gasteiger charge is 2.16. The lowest BCUT2D eigenvalue weighted by Gasteiger charge is -2.15. The van der Waals surface area contributed by atoms with Crippen LogP contribution in [0.4, 0.5) is 18.0 Å². The second-order valence-corrected chi connectivity index (χ2v) is 11.3. The Morgan fingerprint density at radius 2 is 1.18 bits per heavy atom. The van der Waals surface area contributed by atoms with Crippen LogP contribution in [0.3, 0.4) is 0 Å². The Morgan fingerprint density at radius 3 is 1.68 bits per heavy atom. The summed E-state index contributed by atoms with van der Waals surface area (Å²) in [4.78, 5) is 29.8. The number of rotatable bonds is 9. The van der Waals surface area contributed by atoms with Gasteiger partial charge >= 0.3 is 6.09 Å². The first-order valence-electron chi connectivity index (χ1n) is 15.7. The van der Waals surface area contributed by atoms with E-state index in [1.807, 2.05) is 21.3 Å². The quantitative estimate of drug-likeness (QED) is 0.171. The molecule has 10 nitrogen and oxygen atoms in total. The molecule has 0 saturated carbocycles. The Labute approximate surface area is 284 Å². The zero-order valence-corrected chi connectivity index (χ0v) is 26.9. The number of nitrogens with one attached hydrogen (secondary N) is 1. The number of halogens is 3. The smallest absolute Gasteiger partial charge is 0.408 e. The van der Waals surface area contributed by atoms with Crippen LogP contribution >= 0.6 is 0 Å². The molecule has 3 aromatic carbocycles. The highest BCUT2D eigenvalue weighted by molar-refractivity contribution is 5.72. The number of carbonyl (C=O) groups excluding carboxylic acids is 1. The molecule has 1 atom stereocenters. The Balaban J connectivity index is 0.000000194. The molecule has 4 aromatic heterocycles. The highest BCUT2D eigenvalue weighted by atomic mass is 19.1. The Hall–Kier alpha value is -6.08. The number of nitrogens with zero attached hydrogens (tertiary/aromatic N) is 6. The van der Waals surface area contributed by atoms with Crippen LogP contribution in [-0.4, -0.2) is 40.3 Å². The molecule has 0 aliphatic carbocycles. The molecule has 0 unspecified atom stereocenters. The van der Waals surface area contributed by atoms with Crippen LogP contribution in [0, 0.1) is 17.5 Å². The van der Waals surface area contributed by atoms with E-state index in [1.165, 1.54) is 36.4 Å². The third-order valence-corrected chi connectivity index (χ3v) is 7.85. The first-order chi connectivity index (χ1) is 24.3. The number of benzene rings is 3. The summed E-state index contributed by atoms with van der Waals surface area (Å²) < 4.78 is 48.3. The number of ether oxygens (including phenoxy) is 1. The van der Waals surface area contributed by atoms with Crippen LogP contribution in [-0.2, 0) is 31.0 Å². The van der Waals surface area contributed by atoms with Crippen molar-refractivity contribution in [2.75, 3.05) is 0 Å². The van der Waals surface area contributed by atoms with E-state index in [2.05, 4.69) is 25.3 Å². The Bertz CT molecular complexity index is 2200. The zero-order valence-electron chi connectivity index (χ0n) is 26.9. The minimum atomic E-state index is -0.620. The van der Waals surface area contributed by atoms with E-state index in [4.69, 9.17) is 4.74 Å². The third-order valence-electron chi connectivity index (χ3n) is 7.85. The molecule has 0 bridgehead atoms. The first-order valence-corrected chi connectivity index (χ1v) is 15.7. The number of fused-ring (bicyclic) bond motifs is 2. The van der Waals surface area contributed by atoms with Gasteiger partial charge in [0.2, 0.25) is 0 Å². The minimum Gasteiger partial charge on any atom is -0.441 e. The molecule has 50 heavy (non-hydrogen) atoms. The van der Waals surface area contributed by atoms with Crippen molar-refractivity contribution in [3.8, 4) is 0 Å². The number of aliphatic hydroxyl groups is 1. The molecular formula is C37H32F3N7O3. The monoisotopic (exact) mass is 679 g/mol. The van der Waals surface area contributed by atoms with Gasteiger partial charge in [0.25, 0.3) is 0 Å². The summed E-state index contributed by atoms with van der Waals surface area (Å²) in [6.07, 6.45) is 2.73. The fourth-order valence-corrected chi connectivity index (χ4v) is 5.30. The Morgan fingerprint density at radius 1 is 0.720 bits per heavy atom. The van der Waals surface area contributed by atoms with Gasteiger partial charge in [-0.05, 0) is 84.3 Å². The van der Waals surface area contributed by atoms with Gasteiger partial charge in [0, 0.05) is 12.4 Å². The van der Waals surface area contributed by atoms with Gasteiger partial charge in [-0.25, -0.2) is 37.9 Å². The van der Waals surface area contributed by atoms with E-state index in [1.54, 1.807) is 67.8 Å². The number of hydrogen-bond donors (Lipinski definition) is 2. The van der Waals surface area contributed by atoms with Crippen molar-refractivity contribution in [1.29, 1.82) is 0 Å². The van der Waals surface area contributed by atoms with Gasteiger partial charge in [-0.3, -0.25) is 0 Å². The Kier molecular flexibility index (Phi) is 10.4. The molecule has 0 radical (unpaired) electrons. The summed E-state index contributed by atoms with van der Waals surface area (Å²) >= 11 is 0. The molecule has 4 heterocycles. The molecular weight excluding hydrogens is 647 g/mol. The number of aromatic nitrogens is 6. The molecule has 0 saturated heterocycles. The molecule has 1 amide bonds. The predicted octanol–water partition coefficient (Wildman–Crippen LogP) is 6.86. The van der Waals surface area contributed by atoms with Crippen molar-refractivity contribution < 1.29 is 27.8 Å². The van der Waals surface area contributed by atoms with Gasteiger partial charge in [0.15, 0.2) is 17.9 Å². The van der Waals surface area contributed by atoms with E-state index in [0.29, 0.717) is 35.9 Å². The van der Waals surface area contributed by atoms with E-state index in [9.17, 15) is 23.1 Å². The highest BCUT2D eigenvalue weighted by Crippen LogP contribution is 2.19. The summed E-state index contributed by atoms with van der Waals surface area (Å²) in [6, 6.07) is 25.2. The maximum absolute atomic E-state index is 13.2. The molecule has 13 heteroatoms. The van der Waals surface area contributed by atoms with Gasteiger partial charge in [0.05, 0.1) is 19.1 Å². The largest absolute Gasteiger partial charge is 0.441 e. The summed E-state index contributed by atoms with van der Waals surface area (Å²) in [6.45, 7) is 2.46. The van der Waals surface area contributed by atoms with Crippen molar-refractivity contribution in [2.45, 2.75) is 39.3 Å².